The number of nitrogens with zero attached hydrogens (tertiary/aromatic N) is 2. The first-order valence-corrected chi connectivity index (χ1v) is 16.2. The minimum atomic E-state index is -4.14. The maximum absolute atomic E-state index is 14.6. The Labute approximate surface area is 261 Å². The van der Waals surface area contributed by atoms with Gasteiger partial charge in [0.15, 0.2) is 0 Å². The quantitative estimate of drug-likeness (QED) is 0.214. The van der Waals surface area contributed by atoms with Gasteiger partial charge in [-0.15, -0.1) is 0 Å². The summed E-state index contributed by atoms with van der Waals surface area (Å²) in [7, 11) is -4.14. The van der Waals surface area contributed by atoms with Gasteiger partial charge in [0.05, 0.1) is 10.6 Å². The number of carbonyl (C=O) groups is 2. The molecule has 44 heavy (non-hydrogen) atoms. The monoisotopic (exact) mass is 611 g/mol. The number of hydrogen-bond donors (Lipinski definition) is 1. The van der Waals surface area contributed by atoms with Crippen LogP contribution in [0.2, 0.25) is 0 Å². The van der Waals surface area contributed by atoms with Gasteiger partial charge in [-0.25, -0.2) is 8.42 Å². The summed E-state index contributed by atoms with van der Waals surface area (Å²) in [5.41, 5.74) is 4.75. The fraction of sp³-hybridized carbons (Fsp3) is 0.278. The van der Waals surface area contributed by atoms with E-state index < -0.39 is 28.5 Å². The number of hydrogen-bond acceptors (Lipinski definition) is 4. The summed E-state index contributed by atoms with van der Waals surface area (Å²) in [6, 6.07) is 29.9. The standard InChI is InChI=1S/C36H41N3O4S/c1-26(2)37-36(41)34(23-30-14-8-6-9-15-30)38(24-31-16-12-13-27(3)21-31)35(40)25-39(33-22-28(4)19-20-29(33)5)44(42,43)32-17-10-7-11-18-32/h6-22,26,34H,23-25H2,1-5H3,(H,37,41). The van der Waals surface area contributed by atoms with Crippen LogP contribution in [-0.2, 0) is 32.6 Å². The molecule has 4 aromatic carbocycles. The van der Waals surface area contributed by atoms with Gasteiger partial charge in [-0.05, 0) is 75.1 Å². The maximum Gasteiger partial charge on any atom is 0.264 e. The predicted octanol–water partition coefficient (Wildman–Crippen LogP) is 5.97. The van der Waals surface area contributed by atoms with Crippen LogP contribution in [0, 0.1) is 20.8 Å². The molecule has 0 aliphatic rings. The van der Waals surface area contributed by atoms with E-state index in [0.717, 1.165) is 22.3 Å². The van der Waals surface area contributed by atoms with Crippen LogP contribution in [-0.4, -0.2) is 43.8 Å². The Bertz CT molecular complexity index is 1690. The Kier molecular flexibility index (Phi) is 10.6. The summed E-state index contributed by atoms with van der Waals surface area (Å²) < 4.78 is 29.5. The largest absolute Gasteiger partial charge is 0.352 e. The van der Waals surface area contributed by atoms with Crippen LogP contribution in [0.15, 0.2) is 108 Å². The zero-order valence-electron chi connectivity index (χ0n) is 26.0. The van der Waals surface area contributed by atoms with E-state index in [1.165, 1.54) is 21.3 Å². The first kappa shape index (κ1) is 32.5. The van der Waals surface area contributed by atoms with E-state index in [4.69, 9.17) is 0 Å². The zero-order chi connectivity index (χ0) is 31.9. The Morgan fingerprint density at radius 3 is 2.00 bits per heavy atom. The van der Waals surface area contributed by atoms with Gasteiger partial charge in [-0.2, -0.15) is 0 Å². The molecular weight excluding hydrogens is 570 g/mol. The van der Waals surface area contributed by atoms with Gasteiger partial charge < -0.3 is 10.2 Å². The van der Waals surface area contributed by atoms with Crippen molar-refractivity contribution in [2.45, 2.75) is 64.6 Å². The highest BCUT2D eigenvalue weighted by Gasteiger charge is 2.35. The molecule has 0 aromatic heterocycles. The third kappa shape index (κ3) is 8.14. The number of aryl methyl sites for hydroxylation is 3. The van der Waals surface area contributed by atoms with Crippen LogP contribution in [0.5, 0.6) is 0 Å². The van der Waals surface area contributed by atoms with E-state index in [0.29, 0.717) is 11.3 Å². The van der Waals surface area contributed by atoms with E-state index in [9.17, 15) is 18.0 Å². The second-order valence-corrected chi connectivity index (χ2v) is 13.4. The Morgan fingerprint density at radius 2 is 1.36 bits per heavy atom. The molecule has 0 fully saturated rings. The summed E-state index contributed by atoms with van der Waals surface area (Å²) in [6.45, 7) is 9.08. The van der Waals surface area contributed by atoms with Crippen LogP contribution >= 0.6 is 0 Å². The van der Waals surface area contributed by atoms with E-state index in [2.05, 4.69) is 5.32 Å². The van der Waals surface area contributed by atoms with E-state index in [1.807, 2.05) is 101 Å². The van der Waals surface area contributed by atoms with Crippen molar-refractivity contribution in [1.29, 1.82) is 0 Å². The number of benzene rings is 4. The minimum absolute atomic E-state index is 0.0809. The second kappa shape index (κ2) is 14.4. The van der Waals surface area contributed by atoms with Crippen molar-refractivity contribution < 1.29 is 18.0 Å². The number of sulfonamides is 1. The molecule has 230 valence electrons. The molecule has 2 amide bonds. The molecule has 1 N–H and O–H groups in total. The maximum atomic E-state index is 14.6. The molecule has 8 heteroatoms. The van der Waals surface area contributed by atoms with Gasteiger partial charge in [-0.3, -0.25) is 13.9 Å². The second-order valence-electron chi connectivity index (χ2n) is 11.5. The van der Waals surface area contributed by atoms with Crippen LogP contribution in [0.1, 0.15) is 41.7 Å². The van der Waals surface area contributed by atoms with Crippen LogP contribution < -0.4 is 9.62 Å². The number of carbonyl (C=O) groups excluding carboxylic acids is 2. The number of nitrogens with one attached hydrogen (secondary N) is 1. The first-order valence-electron chi connectivity index (χ1n) is 14.8. The van der Waals surface area contributed by atoms with E-state index in [1.54, 1.807) is 24.3 Å². The Morgan fingerprint density at radius 1 is 0.750 bits per heavy atom. The summed E-state index contributed by atoms with van der Waals surface area (Å²) in [5.74, 6) is -0.777. The average Bonchev–Trinajstić information content (AvgIpc) is 2.99. The van der Waals surface area contributed by atoms with E-state index in [-0.39, 0.29) is 29.8 Å². The molecule has 0 heterocycles. The molecule has 0 bridgehead atoms. The van der Waals surface area contributed by atoms with Crippen LogP contribution in [0.3, 0.4) is 0 Å². The van der Waals surface area contributed by atoms with Crippen molar-refractivity contribution >= 4 is 27.5 Å². The van der Waals surface area contributed by atoms with E-state index >= 15 is 0 Å². The first-order chi connectivity index (χ1) is 21.0. The Hall–Kier alpha value is -4.43. The van der Waals surface area contributed by atoms with Crippen molar-refractivity contribution in [3.8, 4) is 0 Å². The summed E-state index contributed by atoms with van der Waals surface area (Å²) >= 11 is 0. The fourth-order valence-corrected chi connectivity index (χ4v) is 6.65. The lowest BCUT2D eigenvalue weighted by Crippen LogP contribution is -2.54. The lowest BCUT2D eigenvalue weighted by Gasteiger charge is -2.34. The summed E-state index contributed by atoms with van der Waals surface area (Å²) in [4.78, 5) is 30.0. The lowest BCUT2D eigenvalue weighted by molar-refractivity contribution is -0.140. The van der Waals surface area contributed by atoms with Crippen molar-refractivity contribution in [2.24, 2.45) is 0 Å². The Balaban J connectivity index is 1.83. The smallest absolute Gasteiger partial charge is 0.264 e. The zero-order valence-corrected chi connectivity index (χ0v) is 26.8. The van der Waals surface area contributed by atoms with Crippen molar-refractivity contribution in [1.82, 2.24) is 10.2 Å². The van der Waals surface area contributed by atoms with Gasteiger partial charge in [0, 0.05) is 19.0 Å². The lowest BCUT2D eigenvalue weighted by atomic mass is 10.0. The normalized spacial score (nSPS) is 12.0. The SMILES string of the molecule is Cc1cccc(CN(C(=O)CN(c2cc(C)ccc2C)S(=O)(=O)c2ccccc2)C(Cc2ccccc2)C(=O)NC(C)C)c1. The third-order valence-electron chi connectivity index (χ3n) is 7.38. The van der Waals surface area contributed by atoms with Gasteiger partial charge in [-0.1, -0.05) is 90.5 Å². The molecule has 0 saturated carbocycles. The highest BCUT2D eigenvalue weighted by molar-refractivity contribution is 7.92. The van der Waals surface area contributed by atoms with Gasteiger partial charge >= 0.3 is 0 Å². The average molecular weight is 612 g/mol. The molecule has 0 saturated heterocycles. The van der Waals surface area contributed by atoms with Gasteiger partial charge in [0.25, 0.3) is 10.0 Å². The van der Waals surface area contributed by atoms with Gasteiger partial charge in [0.2, 0.25) is 11.8 Å². The fourth-order valence-electron chi connectivity index (χ4n) is 5.16. The molecule has 7 nitrogen and oxygen atoms in total. The number of rotatable bonds is 12. The highest BCUT2D eigenvalue weighted by Crippen LogP contribution is 2.29. The molecule has 0 radical (unpaired) electrons. The summed E-state index contributed by atoms with van der Waals surface area (Å²) in [6.07, 6.45) is 0.270. The van der Waals surface area contributed by atoms with Crippen LogP contribution in [0.4, 0.5) is 5.69 Å². The van der Waals surface area contributed by atoms with Crippen molar-refractivity contribution in [2.75, 3.05) is 10.8 Å². The molecular formula is C36H41N3O4S. The molecule has 1 atom stereocenters. The third-order valence-corrected chi connectivity index (χ3v) is 9.15. The van der Waals surface area contributed by atoms with Crippen LogP contribution in [0.25, 0.3) is 0 Å². The predicted molar refractivity (Wildman–Crippen MR) is 176 cm³/mol. The molecule has 1 unspecified atom stereocenters. The molecule has 0 aliphatic heterocycles. The van der Waals surface area contributed by atoms with Crippen molar-refractivity contribution in [3.63, 3.8) is 0 Å². The minimum Gasteiger partial charge on any atom is -0.352 e. The van der Waals surface area contributed by atoms with Gasteiger partial charge in [0.1, 0.15) is 12.6 Å². The molecule has 0 spiro atoms. The topological polar surface area (TPSA) is 86.8 Å². The number of amides is 2. The molecule has 4 rings (SSSR count). The van der Waals surface area contributed by atoms with Crippen molar-refractivity contribution in [3.05, 3.63) is 131 Å². The summed E-state index contributed by atoms with van der Waals surface area (Å²) in [5, 5.41) is 2.99. The molecule has 0 aliphatic carbocycles. The molecule has 4 aromatic rings. The highest BCUT2D eigenvalue weighted by atomic mass is 32.2. The number of anilines is 1.